The van der Waals surface area contributed by atoms with Crippen LogP contribution in [0.4, 0.5) is 0 Å². The van der Waals surface area contributed by atoms with Gasteiger partial charge in [-0.1, -0.05) is 70.5 Å². The molecule has 2 nitrogen and oxygen atoms in total. The topological polar surface area (TPSA) is 20.7 Å². The second kappa shape index (κ2) is 6.67. The lowest BCUT2D eigenvalue weighted by molar-refractivity contribution is 0.444. The van der Waals surface area contributed by atoms with Crippen molar-refractivity contribution in [2.45, 2.75) is 65.8 Å². The summed E-state index contributed by atoms with van der Waals surface area (Å²) < 4.78 is 2.34. The minimum atomic E-state index is -0.0499. The first-order chi connectivity index (χ1) is 13.5. The highest BCUT2D eigenvalue weighted by atomic mass is 35.5. The molecule has 0 bridgehead atoms. The minimum Gasteiger partial charge on any atom is -0.358 e. The van der Waals surface area contributed by atoms with Crippen molar-refractivity contribution in [1.29, 1.82) is 0 Å². The van der Waals surface area contributed by atoms with Crippen molar-refractivity contribution in [3.8, 4) is 0 Å². The summed E-state index contributed by atoms with van der Waals surface area (Å²) >= 11 is 6.81. The summed E-state index contributed by atoms with van der Waals surface area (Å²) in [5.41, 5.74) is 7.69. The van der Waals surface area contributed by atoms with E-state index in [9.17, 15) is 0 Å². The molecule has 0 saturated carbocycles. The third kappa shape index (κ3) is 3.28. The maximum Gasteiger partial charge on any atom is 0.0664 e. The van der Waals surface area contributed by atoms with Crippen LogP contribution in [0.5, 0.6) is 0 Å². The molecule has 0 aliphatic rings. The van der Waals surface area contributed by atoms with E-state index in [2.05, 4.69) is 101 Å². The van der Waals surface area contributed by atoms with Gasteiger partial charge in [-0.05, 0) is 48.1 Å². The average Bonchev–Trinajstić information content (AvgIpc) is 3.10. The Morgan fingerprint density at radius 1 is 0.931 bits per heavy atom. The third-order valence-corrected chi connectivity index (χ3v) is 6.38. The molecule has 0 amide bonds. The Kier molecular flexibility index (Phi) is 4.62. The monoisotopic (exact) mass is 406 g/mol. The number of aromatic nitrogens is 2. The normalized spacial score (nSPS) is 13.0. The van der Waals surface area contributed by atoms with E-state index >= 15 is 0 Å². The van der Waals surface area contributed by atoms with Gasteiger partial charge >= 0.3 is 0 Å². The fourth-order valence-electron chi connectivity index (χ4n) is 5.20. The number of para-hydroxylation sites is 1. The van der Waals surface area contributed by atoms with Gasteiger partial charge in [0.25, 0.3) is 0 Å². The molecular weight excluding hydrogens is 376 g/mol. The largest absolute Gasteiger partial charge is 0.358 e. The minimum absolute atomic E-state index is 0.0440. The molecule has 3 heteroatoms. The molecule has 0 unspecified atom stereocenters. The van der Waals surface area contributed by atoms with E-state index in [4.69, 9.17) is 11.6 Å². The van der Waals surface area contributed by atoms with Gasteiger partial charge < -0.3 is 9.55 Å². The molecule has 2 aromatic heterocycles. The first-order valence-electron chi connectivity index (χ1n) is 10.4. The molecule has 152 valence electrons. The van der Waals surface area contributed by atoms with E-state index in [0.717, 1.165) is 11.6 Å². The van der Waals surface area contributed by atoms with Crippen LogP contribution in [0, 0.1) is 13.8 Å². The molecule has 1 N–H and O–H groups in total. The van der Waals surface area contributed by atoms with Gasteiger partial charge in [-0.15, -0.1) is 0 Å². The van der Waals surface area contributed by atoms with E-state index in [1.165, 1.54) is 44.2 Å². The maximum absolute atomic E-state index is 6.81. The van der Waals surface area contributed by atoms with E-state index in [1.54, 1.807) is 0 Å². The predicted molar refractivity (Wildman–Crippen MR) is 126 cm³/mol. The number of nitrogens with zero attached hydrogens (tertiary/aromatic N) is 1. The molecule has 0 atom stereocenters. The second-order valence-corrected chi connectivity index (χ2v) is 10.5. The van der Waals surface area contributed by atoms with Gasteiger partial charge in [-0.25, -0.2) is 0 Å². The molecule has 0 spiro atoms. The second-order valence-electron chi connectivity index (χ2n) is 10.1. The fourth-order valence-corrected chi connectivity index (χ4v) is 5.51. The van der Waals surface area contributed by atoms with Crippen LogP contribution in [0.15, 0.2) is 42.6 Å². The number of benzene rings is 2. The van der Waals surface area contributed by atoms with Crippen molar-refractivity contribution < 1.29 is 0 Å². The number of aryl methyl sites for hydroxylation is 2. The van der Waals surface area contributed by atoms with Crippen LogP contribution in [0.3, 0.4) is 0 Å². The van der Waals surface area contributed by atoms with Crippen LogP contribution in [-0.2, 0) is 17.4 Å². The summed E-state index contributed by atoms with van der Waals surface area (Å²) in [6.07, 6.45) is 2.12. The molecule has 0 saturated heterocycles. The number of H-pyrrole nitrogens is 1. The molecule has 0 aliphatic carbocycles. The van der Waals surface area contributed by atoms with Crippen molar-refractivity contribution >= 4 is 33.4 Å². The summed E-state index contributed by atoms with van der Waals surface area (Å²) in [5, 5.41) is 3.36. The van der Waals surface area contributed by atoms with Crippen LogP contribution in [0.2, 0.25) is 5.02 Å². The van der Waals surface area contributed by atoms with E-state index in [-0.39, 0.29) is 10.8 Å². The highest BCUT2D eigenvalue weighted by Crippen LogP contribution is 2.40. The summed E-state index contributed by atoms with van der Waals surface area (Å²) in [4.78, 5) is 3.56. The Bertz CT molecular complexity index is 1220. The molecule has 0 fully saturated rings. The van der Waals surface area contributed by atoms with Crippen LogP contribution in [0.25, 0.3) is 21.8 Å². The Labute approximate surface area is 178 Å². The van der Waals surface area contributed by atoms with Gasteiger partial charge in [-0.3, -0.25) is 0 Å². The summed E-state index contributed by atoms with van der Waals surface area (Å²) in [6, 6.07) is 13.0. The van der Waals surface area contributed by atoms with E-state index in [0.29, 0.717) is 0 Å². The SMILES string of the molecule is Cc1ccc2c(c(Cl)cn2CC(C)(C)c2c(C)[nH]c3ccccc23)c1C(C)(C)C. The first kappa shape index (κ1) is 20.1. The quantitative estimate of drug-likeness (QED) is 0.360. The smallest absolute Gasteiger partial charge is 0.0664 e. The summed E-state index contributed by atoms with van der Waals surface area (Å²) in [5.74, 6) is 0. The van der Waals surface area contributed by atoms with Crippen molar-refractivity contribution in [3.63, 3.8) is 0 Å². The lowest BCUT2D eigenvalue weighted by Gasteiger charge is -2.27. The van der Waals surface area contributed by atoms with Crippen molar-refractivity contribution in [2.24, 2.45) is 0 Å². The zero-order chi connectivity index (χ0) is 21.1. The highest BCUT2D eigenvalue weighted by molar-refractivity contribution is 6.36. The molecule has 29 heavy (non-hydrogen) atoms. The van der Waals surface area contributed by atoms with Crippen LogP contribution < -0.4 is 0 Å². The lowest BCUT2D eigenvalue weighted by atomic mass is 9.81. The zero-order valence-corrected chi connectivity index (χ0v) is 19.3. The number of hydrogen-bond donors (Lipinski definition) is 1. The molecule has 2 aromatic carbocycles. The molecule has 4 rings (SSSR count). The number of hydrogen-bond acceptors (Lipinski definition) is 0. The van der Waals surface area contributed by atoms with E-state index < -0.39 is 0 Å². The first-order valence-corrected chi connectivity index (χ1v) is 10.7. The third-order valence-electron chi connectivity index (χ3n) is 6.10. The maximum atomic E-state index is 6.81. The number of nitrogens with one attached hydrogen (secondary N) is 1. The van der Waals surface area contributed by atoms with E-state index in [1.807, 2.05) is 0 Å². The van der Waals surface area contributed by atoms with Gasteiger partial charge in [0.15, 0.2) is 0 Å². The average molecular weight is 407 g/mol. The Morgan fingerprint density at radius 3 is 2.31 bits per heavy atom. The number of rotatable bonds is 3. The standard InChI is InChI=1S/C26H31ClN2/c1-16-12-13-21-22(23(16)25(3,4)5)19(27)14-29(21)15-26(6,7)24-17(2)28-20-11-9-8-10-18(20)24/h8-14,28H,15H2,1-7H3. The van der Waals surface area contributed by atoms with Gasteiger partial charge in [0.05, 0.1) is 5.02 Å². The Morgan fingerprint density at radius 2 is 1.62 bits per heavy atom. The molecule has 0 radical (unpaired) electrons. The summed E-state index contributed by atoms with van der Waals surface area (Å²) in [7, 11) is 0. The highest BCUT2D eigenvalue weighted by Gasteiger charge is 2.29. The molecule has 4 aromatic rings. The van der Waals surface area contributed by atoms with Crippen LogP contribution >= 0.6 is 11.6 Å². The van der Waals surface area contributed by atoms with Crippen molar-refractivity contribution in [3.05, 3.63) is 70.0 Å². The number of fused-ring (bicyclic) bond motifs is 2. The van der Waals surface area contributed by atoms with Gasteiger partial charge in [-0.2, -0.15) is 0 Å². The van der Waals surface area contributed by atoms with Crippen molar-refractivity contribution in [2.75, 3.05) is 0 Å². The van der Waals surface area contributed by atoms with Gasteiger partial charge in [0, 0.05) is 45.7 Å². The summed E-state index contributed by atoms with van der Waals surface area (Å²) in [6.45, 7) is 16.7. The van der Waals surface area contributed by atoms with Crippen LogP contribution in [-0.4, -0.2) is 9.55 Å². The van der Waals surface area contributed by atoms with Gasteiger partial charge in [0.1, 0.15) is 0 Å². The fraction of sp³-hybridized carbons (Fsp3) is 0.385. The Balaban J connectivity index is 1.87. The number of aromatic amines is 1. The molecular formula is C26H31ClN2. The molecule has 2 heterocycles. The van der Waals surface area contributed by atoms with Crippen LogP contribution in [0.1, 0.15) is 57.0 Å². The Hall–Kier alpha value is -2.19. The van der Waals surface area contributed by atoms with Gasteiger partial charge in [0.2, 0.25) is 0 Å². The van der Waals surface area contributed by atoms with Crippen molar-refractivity contribution in [1.82, 2.24) is 9.55 Å². The number of halogens is 1. The zero-order valence-electron chi connectivity index (χ0n) is 18.6. The predicted octanol–water partition coefficient (Wildman–Crippen LogP) is 7.67. The molecule has 0 aliphatic heterocycles. The lowest BCUT2D eigenvalue weighted by Crippen LogP contribution is -2.25.